The highest BCUT2D eigenvalue weighted by molar-refractivity contribution is 6.35. The molecule has 0 atom stereocenters. The molecule has 1 aromatic heterocycles. The molecule has 2 rings (SSSR count). The smallest absolute Gasteiger partial charge is 0.152 e. The van der Waals surface area contributed by atoms with Crippen LogP contribution in [0.1, 0.15) is 5.76 Å². The van der Waals surface area contributed by atoms with E-state index < -0.39 is 0 Å². The van der Waals surface area contributed by atoms with Crippen LogP contribution in [0.4, 0.5) is 0 Å². The van der Waals surface area contributed by atoms with E-state index in [1.54, 1.807) is 24.3 Å². The Morgan fingerprint density at radius 1 is 1.20 bits per heavy atom. The van der Waals surface area contributed by atoms with Gasteiger partial charge in [-0.05, 0) is 18.2 Å². The highest BCUT2D eigenvalue weighted by Crippen LogP contribution is 2.30. The molecule has 2 aromatic rings. The molecule has 0 bridgehead atoms. The lowest BCUT2D eigenvalue weighted by atomic mass is 10.1. The Bertz CT molecular complexity index is 481. The number of hydrogen-bond donors (Lipinski definition) is 0. The number of aromatic nitrogens is 1. The predicted molar refractivity (Wildman–Crippen MR) is 61.5 cm³/mol. The van der Waals surface area contributed by atoms with E-state index in [1.807, 2.05) is 0 Å². The summed E-state index contributed by atoms with van der Waals surface area (Å²) in [7, 11) is 0. The first-order valence-electron chi connectivity index (χ1n) is 4.17. The first-order chi connectivity index (χ1) is 7.20. The minimum atomic E-state index is 0.283. The predicted octanol–water partition coefficient (Wildman–Crippen LogP) is 4.39. The average molecular weight is 263 g/mol. The standard InChI is InChI=1S/C10H6Cl3NO/c11-5-7-4-10(14-15-7)8-3-6(12)1-2-9(8)13/h1-4H,5H2. The van der Waals surface area contributed by atoms with Crippen molar-refractivity contribution in [1.29, 1.82) is 0 Å². The lowest BCUT2D eigenvalue weighted by Gasteiger charge is -1.99. The van der Waals surface area contributed by atoms with Crippen LogP contribution in [0.2, 0.25) is 10.0 Å². The number of halogens is 3. The molecule has 1 aromatic carbocycles. The third-order valence-corrected chi connectivity index (χ3v) is 2.72. The van der Waals surface area contributed by atoms with Crippen LogP contribution < -0.4 is 0 Å². The number of benzene rings is 1. The van der Waals surface area contributed by atoms with E-state index in [0.717, 1.165) is 5.56 Å². The van der Waals surface area contributed by atoms with Gasteiger partial charge in [-0.3, -0.25) is 0 Å². The molecule has 0 aliphatic rings. The lowest BCUT2D eigenvalue weighted by molar-refractivity contribution is 0.396. The maximum Gasteiger partial charge on any atom is 0.152 e. The fraction of sp³-hybridized carbons (Fsp3) is 0.100. The van der Waals surface area contributed by atoms with Crippen molar-refractivity contribution in [2.75, 3.05) is 0 Å². The Balaban J connectivity index is 2.48. The zero-order valence-electron chi connectivity index (χ0n) is 7.51. The van der Waals surface area contributed by atoms with Gasteiger partial charge in [0, 0.05) is 16.7 Å². The summed E-state index contributed by atoms with van der Waals surface area (Å²) in [4.78, 5) is 0. The quantitative estimate of drug-likeness (QED) is 0.750. The van der Waals surface area contributed by atoms with Gasteiger partial charge in [0.2, 0.25) is 0 Å². The molecule has 15 heavy (non-hydrogen) atoms. The summed E-state index contributed by atoms with van der Waals surface area (Å²) in [6.45, 7) is 0. The second-order valence-electron chi connectivity index (χ2n) is 2.94. The summed E-state index contributed by atoms with van der Waals surface area (Å²) in [5, 5.41) is 5.04. The molecule has 0 saturated carbocycles. The van der Waals surface area contributed by atoms with E-state index >= 15 is 0 Å². The van der Waals surface area contributed by atoms with Gasteiger partial charge >= 0.3 is 0 Å². The van der Waals surface area contributed by atoms with Gasteiger partial charge in [0.25, 0.3) is 0 Å². The van der Waals surface area contributed by atoms with Crippen molar-refractivity contribution in [1.82, 2.24) is 5.16 Å². The van der Waals surface area contributed by atoms with Crippen molar-refractivity contribution in [2.45, 2.75) is 5.88 Å². The van der Waals surface area contributed by atoms with Crippen LogP contribution in [0.25, 0.3) is 11.3 Å². The Labute approximate surface area is 102 Å². The topological polar surface area (TPSA) is 26.0 Å². The van der Waals surface area contributed by atoms with E-state index in [-0.39, 0.29) is 5.88 Å². The van der Waals surface area contributed by atoms with Gasteiger partial charge in [0.05, 0.1) is 10.9 Å². The normalized spacial score (nSPS) is 10.6. The van der Waals surface area contributed by atoms with Crippen molar-refractivity contribution in [3.8, 4) is 11.3 Å². The second kappa shape index (κ2) is 4.44. The van der Waals surface area contributed by atoms with Crippen LogP contribution in [0.15, 0.2) is 28.8 Å². The number of alkyl halides is 1. The van der Waals surface area contributed by atoms with Gasteiger partial charge in [-0.2, -0.15) is 0 Å². The highest BCUT2D eigenvalue weighted by atomic mass is 35.5. The van der Waals surface area contributed by atoms with Gasteiger partial charge in [0.1, 0.15) is 5.69 Å². The zero-order valence-corrected chi connectivity index (χ0v) is 9.77. The molecule has 78 valence electrons. The molecule has 1 heterocycles. The molecule has 0 fully saturated rings. The molecule has 2 nitrogen and oxygen atoms in total. The summed E-state index contributed by atoms with van der Waals surface area (Å²) >= 11 is 17.5. The maximum absolute atomic E-state index is 6.01. The second-order valence-corrected chi connectivity index (χ2v) is 4.05. The molecule has 0 saturated heterocycles. The third-order valence-electron chi connectivity index (χ3n) is 1.90. The largest absolute Gasteiger partial charge is 0.359 e. The molecule has 0 aliphatic carbocycles. The van der Waals surface area contributed by atoms with Crippen molar-refractivity contribution >= 4 is 34.8 Å². The van der Waals surface area contributed by atoms with Crippen LogP contribution >= 0.6 is 34.8 Å². The Morgan fingerprint density at radius 2 is 2.00 bits per heavy atom. The molecular formula is C10H6Cl3NO. The van der Waals surface area contributed by atoms with Crippen molar-refractivity contribution in [3.63, 3.8) is 0 Å². The van der Waals surface area contributed by atoms with Gasteiger partial charge in [-0.25, -0.2) is 0 Å². The first kappa shape index (κ1) is 10.8. The molecule has 0 amide bonds. The van der Waals surface area contributed by atoms with Gasteiger partial charge in [-0.15, -0.1) is 11.6 Å². The van der Waals surface area contributed by atoms with Crippen molar-refractivity contribution in [3.05, 3.63) is 40.1 Å². The minimum absolute atomic E-state index is 0.283. The fourth-order valence-corrected chi connectivity index (χ4v) is 1.71. The van der Waals surface area contributed by atoms with Crippen molar-refractivity contribution < 1.29 is 4.52 Å². The van der Waals surface area contributed by atoms with Gasteiger partial charge in [-0.1, -0.05) is 28.4 Å². The highest BCUT2D eigenvalue weighted by Gasteiger charge is 2.09. The summed E-state index contributed by atoms with van der Waals surface area (Å²) < 4.78 is 4.98. The molecule has 0 radical (unpaired) electrons. The number of rotatable bonds is 2. The number of nitrogens with zero attached hydrogens (tertiary/aromatic N) is 1. The van der Waals surface area contributed by atoms with Gasteiger partial charge < -0.3 is 4.52 Å². The van der Waals surface area contributed by atoms with E-state index in [0.29, 0.717) is 21.5 Å². The Hall–Kier alpha value is -0.700. The average Bonchev–Trinajstić information content (AvgIpc) is 2.70. The Kier molecular flexibility index (Phi) is 3.19. The van der Waals surface area contributed by atoms with Gasteiger partial charge in [0.15, 0.2) is 5.76 Å². The van der Waals surface area contributed by atoms with Crippen LogP contribution in [-0.4, -0.2) is 5.16 Å². The third kappa shape index (κ3) is 2.28. The van der Waals surface area contributed by atoms with E-state index in [4.69, 9.17) is 39.3 Å². The molecule has 0 unspecified atom stereocenters. The SMILES string of the molecule is ClCc1cc(-c2cc(Cl)ccc2Cl)no1. The first-order valence-corrected chi connectivity index (χ1v) is 5.46. The molecule has 5 heteroatoms. The molecule has 0 aliphatic heterocycles. The monoisotopic (exact) mass is 261 g/mol. The summed E-state index contributed by atoms with van der Waals surface area (Å²) in [5.74, 6) is 0.883. The van der Waals surface area contributed by atoms with E-state index in [1.165, 1.54) is 0 Å². The Morgan fingerprint density at radius 3 is 2.67 bits per heavy atom. The summed E-state index contributed by atoms with van der Waals surface area (Å²) in [5.41, 5.74) is 1.38. The van der Waals surface area contributed by atoms with Crippen molar-refractivity contribution in [2.24, 2.45) is 0 Å². The summed E-state index contributed by atoms with van der Waals surface area (Å²) in [6.07, 6.45) is 0. The van der Waals surface area contributed by atoms with Crippen LogP contribution in [0.3, 0.4) is 0 Å². The molecule has 0 spiro atoms. The molecule has 0 N–H and O–H groups in total. The lowest BCUT2D eigenvalue weighted by Crippen LogP contribution is -1.78. The zero-order chi connectivity index (χ0) is 10.8. The fourth-order valence-electron chi connectivity index (χ4n) is 1.20. The van der Waals surface area contributed by atoms with E-state index in [2.05, 4.69) is 5.16 Å². The summed E-state index contributed by atoms with van der Waals surface area (Å²) in [6, 6.07) is 6.91. The van der Waals surface area contributed by atoms with E-state index in [9.17, 15) is 0 Å². The number of hydrogen-bond acceptors (Lipinski definition) is 2. The molecular weight excluding hydrogens is 256 g/mol. The van der Waals surface area contributed by atoms with Crippen LogP contribution in [-0.2, 0) is 5.88 Å². The minimum Gasteiger partial charge on any atom is -0.359 e. The van der Waals surface area contributed by atoms with Crippen LogP contribution in [0, 0.1) is 0 Å². The van der Waals surface area contributed by atoms with Crippen LogP contribution in [0.5, 0.6) is 0 Å². The maximum atomic E-state index is 6.01.